The number of carbonyl (C=O) groups excluding carboxylic acids is 1. The second-order valence-corrected chi connectivity index (χ2v) is 6.65. The molecule has 2 aliphatic heterocycles. The second-order valence-electron chi connectivity index (χ2n) is 4.88. The van der Waals surface area contributed by atoms with Crippen LogP contribution < -0.4 is 5.32 Å². The molecule has 1 aromatic carbocycles. The van der Waals surface area contributed by atoms with Crippen molar-refractivity contribution in [1.82, 2.24) is 4.90 Å². The van der Waals surface area contributed by atoms with Gasteiger partial charge in [0.2, 0.25) is 5.91 Å². The van der Waals surface area contributed by atoms with Gasteiger partial charge in [-0.25, -0.2) is 0 Å². The van der Waals surface area contributed by atoms with Crippen LogP contribution in [0.1, 0.15) is 19.3 Å². The number of hydrogen-bond acceptors (Lipinski definition) is 2. The molecule has 0 aliphatic carbocycles. The smallest absolute Gasteiger partial charge is 0.225 e. The molecule has 0 aromatic heterocycles. The molecule has 1 aromatic rings. The van der Waals surface area contributed by atoms with E-state index in [4.69, 9.17) is 0 Å². The third-order valence-electron chi connectivity index (χ3n) is 3.75. The van der Waals surface area contributed by atoms with Gasteiger partial charge in [-0.1, -0.05) is 15.9 Å². The fraction of sp³-hybridized carbons (Fsp3) is 0.462. The molecule has 0 saturated carbocycles. The van der Waals surface area contributed by atoms with Crippen LogP contribution >= 0.6 is 31.9 Å². The Bertz CT molecular complexity index is 492. The summed E-state index contributed by atoms with van der Waals surface area (Å²) in [4.78, 5) is 13.9. The van der Waals surface area contributed by atoms with Crippen LogP contribution in [0.5, 0.6) is 0 Å². The summed E-state index contributed by atoms with van der Waals surface area (Å²) in [7, 11) is 0. The molecule has 2 fully saturated rings. The van der Waals surface area contributed by atoms with Gasteiger partial charge in [0.25, 0.3) is 0 Å². The lowest BCUT2D eigenvalue weighted by Gasteiger charge is -2.22. The molecule has 1 N–H and O–H groups in total. The number of fused-ring (bicyclic) bond motifs is 1. The highest BCUT2D eigenvalue weighted by atomic mass is 79.9. The van der Waals surface area contributed by atoms with E-state index in [1.54, 1.807) is 0 Å². The van der Waals surface area contributed by atoms with Crippen molar-refractivity contribution in [2.75, 3.05) is 11.9 Å². The van der Waals surface area contributed by atoms with E-state index in [2.05, 4.69) is 37.2 Å². The van der Waals surface area contributed by atoms with Crippen molar-refractivity contribution in [2.45, 2.75) is 31.3 Å². The van der Waals surface area contributed by atoms with Gasteiger partial charge in [-0.15, -0.1) is 0 Å². The SMILES string of the molecule is O=C1CC(Nc2ccc(Br)cc2Br)C2CCCN12. The summed E-state index contributed by atoms with van der Waals surface area (Å²) in [5, 5.41) is 3.51. The average molecular weight is 374 g/mol. The van der Waals surface area contributed by atoms with Crippen molar-refractivity contribution in [3.8, 4) is 0 Å². The lowest BCUT2D eigenvalue weighted by Crippen LogP contribution is -2.34. The molecule has 96 valence electrons. The van der Waals surface area contributed by atoms with Crippen LogP contribution in [0.2, 0.25) is 0 Å². The Morgan fingerprint density at radius 3 is 2.94 bits per heavy atom. The lowest BCUT2D eigenvalue weighted by molar-refractivity contribution is -0.127. The van der Waals surface area contributed by atoms with Gasteiger partial charge in [0.15, 0.2) is 0 Å². The standard InChI is InChI=1S/C13H14Br2N2O/c14-8-3-4-10(9(15)6-8)16-11-7-13(18)17-5-1-2-12(11)17/h3-4,6,11-12,16H,1-2,5,7H2. The van der Waals surface area contributed by atoms with E-state index >= 15 is 0 Å². The summed E-state index contributed by atoms with van der Waals surface area (Å²) in [6.07, 6.45) is 2.88. The van der Waals surface area contributed by atoms with E-state index < -0.39 is 0 Å². The van der Waals surface area contributed by atoms with E-state index in [1.807, 2.05) is 23.1 Å². The first-order valence-electron chi connectivity index (χ1n) is 6.16. The fourth-order valence-electron chi connectivity index (χ4n) is 2.92. The lowest BCUT2D eigenvalue weighted by atomic mass is 10.1. The number of carbonyl (C=O) groups is 1. The Labute approximate surface area is 123 Å². The summed E-state index contributed by atoms with van der Waals surface area (Å²) in [5.74, 6) is 0.295. The van der Waals surface area contributed by atoms with Crippen molar-refractivity contribution in [1.29, 1.82) is 0 Å². The molecule has 2 unspecified atom stereocenters. The third-order valence-corrected chi connectivity index (χ3v) is 4.90. The molecule has 2 saturated heterocycles. The van der Waals surface area contributed by atoms with Crippen molar-refractivity contribution < 1.29 is 4.79 Å². The number of benzene rings is 1. The Balaban J connectivity index is 1.78. The Morgan fingerprint density at radius 1 is 1.33 bits per heavy atom. The van der Waals surface area contributed by atoms with E-state index in [-0.39, 0.29) is 6.04 Å². The molecule has 3 rings (SSSR count). The highest BCUT2D eigenvalue weighted by Crippen LogP contribution is 2.33. The maximum Gasteiger partial charge on any atom is 0.225 e. The van der Waals surface area contributed by atoms with Crippen LogP contribution in [0.25, 0.3) is 0 Å². The molecule has 3 nitrogen and oxygen atoms in total. The van der Waals surface area contributed by atoms with Crippen molar-refractivity contribution in [3.63, 3.8) is 0 Å². The van der Waals surface area contributed by atoms with Crippen LogP contribution in [0.4, 0.5) is 5.69 Å². The summed E-state index contributed by atoms with van der Waals surface area (Å²) in [6, 6.07) is 6.70. The van der Waals surface area contributed by atoms with Crippen LogP contribution in [0.3, 0.4) is 0 Å². The van der Waals surface area contributed by atoms with Crippen LogP contribution in [0, 0.1) is 0 Å². The topological polar surface area (TPSA) is 32.3 Å². The number of amides is 1. The summed E-state index contributed by atoms with van der Waals surface area (Å²) in [5.41, 5.74) is 1.06. The molecular weight excluding hydrogens is 360 g/mol. The number of nitrogens with one attached hydrogen (secondary N) is 1. The fourth-order valence-corrected chi connectivity index (χ4v) is 4.08. The molecule has 2 heterocycles. The number of hydrogen-bond donors (Lipinski definition) is 1. The number of nitrogens with zero attached hydrogens (tertiary/aromatic N) is 1. The quantitative estimate of drug-likeness (QED) is 0.861. The third kappa shape index (κ3) is 2.18. The molecule has 18 heavy (non-hydrogen) atoms. The van der Waals surface area contributed by atoms with Gasteiger partial charge in [-0.05, 0) is 47.0 Å². The minimum absolute atomic E-state index is 0.248. The predicted molar refractivity (Wildman–Crippen MR) is 78.6 cm³/mol. The van der Waals surface area contributed by atoms with E-state index in [1.165, 1.54) is 0 Å². The van der Waals surface area contributed by atoms with Crippen molar-refractivity contribution >= 4 is 43.5 Å². The predicted octanol–water partition coefficient (Wildman–Crippen LogP) is 3.39. The molecule has 5 heteroatoms. The summed E-state index contributed by atoms with van der Waals surface area (Å²) in [6.45, 7) is 0.934. The maximum atomic E-state index is 11.9. The molecule has 2 aliphatic rings. The normalized spacial score (nSPS) is 26.6. The Kier molecular flexibility index (Phi) is 3.36. The van der Waals surface area contributed by atoms with Crippen LogP contribution in [-0.4, -0.2) is 29.4 Å². The van der Waals surface area contributed by atoms with Gasteiger partial charge >= 0.3 is 0 Å². The minimum Gasteiger partial charge on any atom is -0.379 e. The van der Waals surface area contributed by atoms with Crippen LogP contribution in [-0.2, 0) is 4.79 Å². The van der Waals surface area contributed by atoms with Gasteiger partial charge in [-0.2, -0.15) is 0 Å². The first kappa shape index (κ1) is 12.5. The largest absolute Gasteiger partial charge is 0.379 e. The molecule has 0 spiro atoms. The first-order valence-corrected chi connectivity index (χ1v) is 7.75. The molecule has 2 atom stereocenters. The number of halogens is 2. The second kappa shape index (κ2) is 4.85. The van der Waals surface area contributed by atoms with E-state index in [0.717, 1.165) is 34.0 Å². The van der Waals surface area contributed by atoms with E-state index in [9.17, 15) is 4.79 Å². The van der Waals surface area contributed by atoms with Crippen LogP contribution in [0.15, 0.2) is 27.1 Å². The highest BCUT2D eigenvalue weighted by molar-refractivity contribution is 9.11. The van der Waals surface area contributed by atoms with Gasteiger partial charge in [0.1, 0.15) is 0 Å². The van der Waals surface area contributed by atoms with Gasteiger partial charge in [-0.3, -0.25) is 4.79 Å². The summed E-state index contributed by atoms with van der Waals surface area (Å²) >= 11 is 6.99. The average Bonchev–Trinajstić information content (AvgIpc) is 2.89. The Morgan fingerprint density at radius 2 is 2.17 bits per heavy atom. The monoisotopic (exact) mass is 372 g/mol. The molecule has 0 bridgehead atoms. The zero-order valence-corrected chi connectivity index (χ0v) is 13.0. The number of anilines is 1. The minimum atomic E-state index is 0.248. The van der Waals surface area contributed by atoms with Gasteiger partial charge in [0.05, 0.1) is 12.1 Å². The molecule has 0 radical (unpaired) electrons. The van der Waals surface area contributed by atoms with Gasteiger partial charge < -0.3 is 10.2 Å². The molecular formula is C13H14Br2N2O. The van der Waals surface area contributed by atoms with Crippen molar-refractivity contribution in [3.05, 3.63) is 27.1 Å². The number of rotatable bonds is 2. The summed E-state index contributed by atoms with van der Waals surface area (Å²) < 4.78 is 2.07. The maximum absolute atomic E-state index is 11.9. The Hall–Kier alpha value is -0.550. The van der Waals surface area contributed by atoms with Gasteiger partial charge in [0, 0.05) is 27.6 Å². The molecule has 1 amide bonds. The highest BCUT2D eigenvalue weighted by Gasteiger charge is 2.42. The van der Waals surface area contributed by atoms with Crippen molar-refractivity contribution in [2.24, 2.45) is 0 Å². The van der Waals surface area contributed by atoms with E-state index in [0.29, 0.717) is 18.4 Å². The zero-order chi connectivity index (χ0) is 12.7. The first-order chi connectivity index (χ1) is 8.65. The zero-order valence-electron chi connectivity index (χ0n) is 9.83.